The monoisotopic (exact) mass is 437 g/mol. The second kappa shape index (κ2) is 7.80. The second-order valence-corrected chi connectivity index (χ2v) is 7.23. The Kier molecular flexibility index (Phi) is 5.13. The maximum Gasteiger partial charge on any atom is 0.332 e. The van der Waals surface area contributed by atoms with Crippen molar-refractivity contribution < 1.29 is 13.9 Å². The van der Waals surface area contributed by atoms with Crippen molar-refractivity contribution >= 4 is 22.8 Å². The van der Waals surface area contributed by atoms with Gasteiger partial charge in [0, 0.05) is 38.3 Å². The molecule has 0 saturated carbocycles. The van der Waals surface area contributed by atoms with Crippen LogP contribution in [-0.2, 0) is 18.9 Å². The number of imidazole rings is 1. The molecule has 0 atom stereocenters. The van der Waals surface area contributed by atoms with Gasteiger partial charge in [-0.05, 0) is 36.4 Å². The van der Waals surface area contributed by atoms with Crippen LogP contribution in [0.25, 0.3) is 28.2 Å². The van der Waals surface area contributed by atoms with E-state index in [9.17, 15) is 18.8 Å². The lowest BCUT2D eigenvalue weighted by atomic mass is 10.2. The Balaban J connectivity index is 2.06. The SMILES string of the molecule is COc1ccc(-n2c(-c3ccc(NC(C)=O)cc3)nc3c2c(=O)n(C)c(=O)n3C)cc1F. The number of ether oxygens (including phenoxy) is 1. The van der Waals surface area contributed by atoms with E-state index < -0.39 is 17.1 Å². The van der Waals surface area contributed by atoms with E-state index in [1.807, 2.05) is 0 Å². The van der Waals surface area contributed by atoms with Gasteiger partial charge in [-0.25, -0.2) is 14.2 Å². The summed E-state index contributed by atoms with van der Waals surface area (Å²) in [5, 5.41) is 2.68. The molecule has 4 rings (SSSR count). The average molecular weight is 437 g/mol. The first-order chi connectivity index (χ1) is 15.2. The van der Waals surface area contributed by atoms with Crippen LogP contribution in [-0.4, -0.2) is 31.7 Å². The Morgan fingerprint density at radius 1 is 1.06 bits per heavy atom. The standard InChI is InChI=1S/C22H20FN5O4/c1-12(29)24-14-7-5-13(6-8-14)19-25-20-18(21(30)27(3)22(31)26(20)2)28(19)15-9-10-17(32-4)16(23)11-15/h5-11H,1-4H3,(H,24,29). The first kappa shape index (κ1) is 21.0. The summed E-state index contributed by atoms with van der Waals surface area (Å²) in [6.07, 6.45) is 0. The number of rotatable bonds is 4. The lowest BCUT2D eigenvalue weighted by molar-refractivity contribution is -0.114. The minimum absolute atomic E-state index is 0.0553. The smallest absolute Gasteiger partial charge is 0.332 e. The van der Waals surface area contributed by atoms with E-state index in [1.165, 1.54) is 49.4 Å². The molecule has 0 aliphatic heterocycles. The maximum atomic E-state index is 14.5. The Hall–Kier alpha value is -4.21. The highest BCUT2D eigenvalue weighted by Crippen LogP contribution is 2.29. The first-order valence-corrected chi connectivity index (χ1v) is 9.63. The molecule has 4 aromatic rings. The number of benzene rings is 2. The number of carbonyl (C=O) groups excluding carboxylic acids is 1. The van der Waals surface area contributed by atoms with Gasteiger partial charge in [0.25, 0.3) is 5.56 Å². The lowest BCUT2D eigenvalue weighted by Gasteiger charge is -2.12. The molecule has 1 N–H and O–H groups in total. The summed E-state index contributed by atoms with van der Waals surface area (Å²) in [7, 11) is 4.25. The highest BCUT2D eigenvalue weighted by molar-refractivity contribution is 5.89. The van der Waals surface area contributed by atoms with Crippen molar-refractivity contribution in [3.63, 3.8) is 0 Å². The van der Waals surface area contributed by atoms with Crippen LogP contribution in [0.3, 0.4) is 0 Å². The summed E-state index contributed by atoms with van der Waals surface area (Å²) in [6, 6.07) is 11.1. The number of fused-ring (bicyclic) bond motifs is 1. The number of hydrogen-bond acceptors (Lipinski definition) is 5. The fourth-order valence-corrected chi connectivity index (χ4v) is 3.54. The van der Waals surface area contributed by atoms with Gasteiger partial charge >= 0.3 is 5.69 Å². The molecule has 32 heavy (non-hydrogen) atoms. The van der Waals surface area contributed by atoms with E-state index in [0.29, 0.717) is 22.8 Å². The van der Waals surface area contributed by atoms with Gasteiger partial charge in [-0.3, -0.25) is 23.3 Å². The lowest BCUT2D eigenvalue weighted by Crippen LogP contribution is -2.37. The zero-order valence-corrected chi connectivity index (χ0v) is 17.8. The molecular formula is C22H20FN5O4. The third-order valence-corrected chi connectivity index (χ3v) is 5.11. The summed E-state index contributed by atoms with van der Waals surface area (Å²) in [5.74, 6) is -0.436. The number of aryl methyl sites for hydroxylation is 1. The molecule has 0 fully saturated rings. The number of methoxy groups -OCH3 is 1. The van der Waals surface area contributed by atoms with Crippen LogP contribution < -0.4 is 21.3 Å². The minimum atomic E-state index is -0.611. The van der Waals surface area contributed by atoms with E-state index in [4.69, 9.17) is 4.74 Å². The van der Waals surface area contributed by atoms with Crippen molar-refractivity contribution in [2.24, 2.45) is 14.1 Å². The van der Waals surface area contributed by atoms with Crippen LogP contribution in [0.15, 0.2) is 52.1 Å². The summed E-state index contributed by atoms with van der Waals surface area (Å²) >= 11 is 0. The molecule has 0 radical (unpaired) electrons. The van der Waals surface area contributed by atoms with Crippen molar-refractivity contribution in [2.45, 2.75) is 6.92 Å². The van der Waals surface area contributed by atoms with Crippen molar-refractivity contribution in [1.82, 2.24) is 18.7 Å². The molecule has 2 aromatic carbocycles. The Morgan fingerprint density at radius 2 is 1.75 bits per heavy atom. The number of halogens is 1. The van der Waals surface area contributed by atoms with Crippen LogP contribution in [0.2, 0.25) is 0 Å². The number of anilines is 1. The largest absolute Gasteiger partial charge is 0.494 e. The van der Waals surface area contributed by atoms with Crippen LogP contribution in [0.1, 0.15) is 6.92 Å². The molecule has 0 aliphatic carbocycles. The number of carbonyl (C=O) groups is 1. The van der Waals surface area contributed by atoms with Crippen molar-refractivity contribution in [3.05, 3.63) is 69.1 Å². The summed E-state index contributed by atoms with van der Waals surface area (Å²) in [4.78, 5) is 41.3. The number of nitrogens with one attached hydrogen (secondary N) is 1. The van der Waals surface area contributed by atoms with Gasteiger partial charge in [0.2, 0.25) is 5.91 Å². The molecule has 0 spiro atoms. The van der Waals surface area contributed by atoms with E-state index in [1.54, 1.807) is 30.3 Å². The number of amides is 1. The quantitative estimate of drug-likeness (QED) is 0.528. The van der Waals surface area contributed by atoms with E-state index in [0.717, 1.165) is 4.57 Å². The summed E-state index contributed by atoms with van der Waals surface area (Å²) in [6.45, 7) is 1.40. The van der Waals surface area contributed by atoms with Gasteiger partial charge < -0.3 is 10.1 Å². The highest BCUT2D eigenvalue weighted by Gasteiger charge is 2.22. The Morgan fingerprint density at radius 3 is 2.34 bits per heavy atom. The number of nitrogens with zero attached hydrogens (tertiary/aromatic N) is 4. The molecule has 0 aliphatic rings. The summed E-state index contributed by atoms with van der Waals surface area (Å²) in [5.41, 5.74) is 0.718. The zero-order valence-electron chi connectivity index (χ0n) is 17.8. The van der Waals surface area contributed by atoms with Crippen LogP contribution in [0.5, 0.6) is 5.75 Å². The molecule has 0 unspecified atom stereocenters. The van der Waals surface area contributed by atoms with Crippen molar-refractivity contribution in [2.75, 3.05) is 12.4 Å². The third kappa shape index (κ3) is 3.35. The minimum Gasteiger partial charge on any atom is -0.494 e. The van der Waals surface area contributed by atoms with Crippen molar-refractivity contribution in [3.8, 4) is 22.8 Å². The Bertz CT molecular complexity index is 1480. The van der Waals surface area contributed by atoms with Crippen LogP contribution >= 0.6 is 0 Å². The number of hydrogen-bond donors (Lipinski definition) is 1. The van der Waals surface area contributed by atoms with Gasteiger partial charge in [0.15, 0.2) is 22.7 Å². The van der Waals surface area contributed by atoms with Gasteiger partial charge in [0.05, 0.1) is 12.8 Å². The molecule has 10 heteroatoms. The fourth-order valence-electron chi connectivity index (χ4n) is 3.54. The fraction of sp³-hybridized carbons (Fsp3) is 0.182. The van der Waals surface area contributed by atoms with Gasteiger partial charge in [-0.2, -0.15) is 0 Å². The molecule has 9 nitrogen and oxygen atoms in total. The van der Waals surface area contributed by atoms with Gasteiger partial charge in [-0.15, -0.1) is 0 Å². The highest BCUT2D eigenvalue weighted by atomic mass is 19.1. The summed E-state index contributed by atoms with van der Waals surface area (Å²) < 4.78 is 23.3. The Labute approximate surface area is 181 Å². The second-order valence-electron chi connectivity index (χ2n) is 7.23. The topological polar surface area (TPSA) is 100 Å². The first-order valence-electron chi connectivity index (χ1n) is 9.63. The predicted octanol–water partition coefficient (Wildman–Crippen LogP) is 2.20. The molecular weight excluding hydrogens is 417 g/mol. The van der Waals surface area contributed by atoms with Crippen LogP contribution in [0.4, 0.5) is 10.1 Å². The molecule has 164 valence electrons. The molecule has 1 amide bonds. The van der Waals surface area contributed by atoms with Crippen LogP contribution in [0, 0.1) is 5.82 Å². The van der Waals surface area contributed by atoms with E-state index >= 15 is 0 Å². The predicted molar refractivity (Wildman–Crippen MR) is 118 cm³/mol. The zero-order chi connectivity index (χ0) is 23.2. The average Bonchev–Trinajstić information content (AvgIpc) is 3.17. The van der Waals surface area contributed by atoms with Gasteiger partial charge in [0.1, 0.15) is 5.82 Å². The number of aromatic nitrogens is 4. The van der Waals surface area contributed by atoms with Gasteiger partial charge in [-0.1, -0.05) is 0 Å². The van der Waals surface area contributed by atoms with E-state index in [-0.39, 0.29) is 22.8 Å². The third-order valence-electron chi connectivity index (χ3n) is 5.11. The molecule has 2 heterocycles. The molecule has 0 bridgehead atoms. The maximum absolute atomic E-state index is 14.5. The molecule has 2 aromatic heterocycles. The van der Waals surface area contributed by atoms with Crippen molar-refractivity contribution in [1.29, 1.82) is 0 Å². The molecule has 0 saturated heterocycles. The normalized spacial score (nSPS) is 11.0. The van der Waals surface area contributed by atoms with E-state index in [2.05, 4.69) is 10.3 Å².